The lowest BCUT2D eigenvalue weighted by atomic mass is 9.86. The van der Waals surface area contributed by atoms with Crippen molar-refractivity contribution in [2.45, 2.75) is 46.4 Å². The highest BCUT2D eigenvalue weighted by molar-refractivity contribution is 4.87. The van der Waals surface area contributed by atoms with Crippen LogP contribution in [0, 0.1) is 5.41 Å². The summed E-state index contributed by atoms with van der Waals surface area (Å²) in [6.45, 7) is 11.7. The van der Waals surface area contributed by atoms with E-state index in [-0.39, 0.29) is 6.23 Å². The number of nitrogens with one attached hydrogen (secondary N) is 2. The minimum absolute atomic E-state index is 0.202. The van der Waals surface area contributed by atoms with Crippen LogP contribution in [0.1, 0.15) is 34.1 Å². The van der Waals surface area contributed by atoms with Crippen LogP contribution in [0.5, 0.6) is 0 Å². The molecule has 1 fully saturated rings. The largest absolute Gasteiger partial charge is 0.362 e. The Morgan fingerprint density at radius 1 is 1.21 bits per heavy atom. The zero-order valence-corrected chi connectivity index (χ0v) is 9.89. The maximum absolute atomic E-state index is 5.62. The Balaban J connectivity index is 2.24. The van der Waals surface area contributed by atoms with Crippen molar-refractivity contribution in [3.05, 3.63) is 0 Å². The number of hydrogen-bond acceptors (Lipinski definition) is 3. The van der Waals surface area contributed by atoms with E-state index in [1.165, 1.54) is 0 Å². The van der Waals surface area contributed by atoms with Gasteiger partial charge in [-0.1, -0.05) is 27.7 Å². The van der Waals surface area contributed by atoms with Gasteiger partial charge in [-0.15, -0.1) is 0 Å². The second kappa shape index (κ2) is 5.10. The third kappa shape index (κ3) is 3.56. The van der Waals surface area contributed by atoms with Gasteiger partial charge >= 0.3 is 0 Å². The molecule has 2 atom stereocenters. The van der Waals surface area contributed by atoms with Gasteiger partial charge in [-0.3, -0.25) is 5.32 Å². The summed E-state index contributed by atoms with van der Waals surface area (Å²) in [6, 6.07) is 0.545. The second-order valence-corrected chi connectivity index (χ2v) is 5.09. The minimum Gasteiger partial charge on any atom is -0.362 e. The molecular formula is C11H24N2O. The highest BCUT2D eigenvalue weighted by Crippen LogP contribution is 2.20. The molecule has 1 heterocycles. The number of hydrogen-bond donors (Lipinski definition) is 2. The SMILES string of the molecule is CCCOC1CNC(C(C)(C)C)CN1. The van der Waals surface area contributed by atoms with E-state index < -0.39 is 0 Å². The van der Waals surface area contributed by atoms with Crippen LogP contribution in [0.25, 0.3) is 0 Å². The molecule has 0 aliphatic carbocycles. The molecule has 3 nitrogen and oxygen atoms in total. The van der Waals surface area contributed by atoms with Crippen molar-refractivity contribution < 1.29 is 4.74 Å². The molecule has 14 heavy (non-hydrogen) atoms. The van der Waals surface area contributed by atoms with Crippen molar-refractivity contribution >= 4 is 0 Å². The van der Waals surface area contributed by atoms with Crippen molar-refractivity contribution in [2.75, 3.05) is 19.7 Å². The summed E-state index contributed by atoms with van der Waals surface area (Å²) < 4.78 is 5.62. The average molecular weight is 200 g/mol. The summed E-state index contributed by atoms with van der Waals surface area (Å²) in [7, 11) is 0. The standard InChI is InChI=1S/C11H24N2O/c1-5-6-14-10-8-12-9(7-13-10)11(2,3)4/h9-10,12-13H,5-8H2,1-4H3. The van der Waals surface area contributed by atoms with Gasteiger partial charge in [-0.2, -0.15) is 0 Å². The van der Waals surface area contributed by atoms with Gasteiger partial charge in [0.2, 0.25) is 0 Å². The Kier molecular flexibility index (Phi) is 4.35. The summed E-state index contributed by atoms with van der Waals surface area (Å²) in [5.41, 5.74) is 0.322. The number of piperazine rings is 1. The monoisotopic (exact) mass is 200 g/mol. The fourth-order valence-corrected chi connectivity index (χ4v) is 1.63. The molecule has 0 spiro atoms. The molecule has 0 aromatic carbocycles. The first-order chi connectivity index (χ1) is 6.54. The molecule has 1 saturated heterocycles. The zero-order chi connectivity index (χ0) is 10.6. The van der Waals surface area contributed by atoms with Crippen molar-refractivity contribution in [1.29, 1.82) is 0 Å². The third-order valence-electron chi connectivity index (χ3n) is 2.67. The maximum Gasteiger partial charge on any atom is 0.120 e. The second-order valence-electron chi connectivity index (χ2n) is 5.09. The van der Waals surface area contributed by atoms with Gasteiger partial charge < -0.3 is 10.1 Å². The van der Waals surface area contributed by atoms with E-state index in [9.17, 15) is 0 Å². The lowest BCUT2D eigenvalue weighted by Crippen LogP contribution is -2.59. The third-order valence-corrected chi connectivity index (χ3v) is 2.67. The van der Waals surface area contributed by atoms with E-state index in [1.807, 2.05) is 0 Å². The van der Waals surface area contributed by atoms with Crippen LogP contribution in [0.4, 0.5) is 0 Å². The Hall–Kier alpha value is -0.120. The van der Waals surface area contributed by atoms with E-state index in [0.717, 1.165) is 26.1 Å². The fraction of sp³-hybridized carbons (Fsp3) is 1.00. The summed E-state index contributed by atoms with van der Waals surface area (Å²) >= 11 is 0. The van der Waals surface area contributed by atoms with Gasteiger partial charge in [0.15, 0.2) is 0 Å². The van der Waals surface area contributed by atoms with Gasteiger partial charge in [0.05, 0.1) is 0 Å². The molecule has 2 N–H and O–H groups in total. The highest BCUT2D eigenvalue weighted by atomic mass is 16.5. The molecule has 0 aromatic rings. The van der Waals surface area contributed by atoms with Crippen LogP contribution in [0.15, 0.2) is 0 Å². The van der Waals surface area contributed by atoms with Crippen molar-refractivity contribution in [1.82, 2.24) is 10.6 Å². The molecule has 0 radical (unpaired) electrons. The molecule has 0 saturated carbocycles. The summed E-state index contributed by atoms with van der Waals surface area (Å²) in [6.07, 6.45) is 1.29. The Morgan fingerprint density at radius 3 is 2.36 bits per heavy atom. The molecule has 1 aliphatic heterocycles. The molecule has 0 bridgehead atoms. The van der Waals surface area contributed by atoms with Gasteiger partial charge in [0.25, 0.3) is 0 Å². The number of rotatable bonds is 3. The van der Waals surface area contributed by atoms with Crippen molar-refractivity contribution in [2.24, 2.45) is 5.41 Å². The molecule has 2 unspecified atom stereocenters. The van der Waals surface area contributed by atoms with Crippen LogP contribution in [-0.4, -0.2) is 32.0 Å². The quantitative estimate of drug-likeness (QED) is 0.721. The summed E-state index contributed by atoms with van der Waals surface area (Å²) in [5, 5.41) is 6.96. The van der Waals surface area contributed by atoms with Crippen LogP contribution in [0.2, 0.25) is 0 Å². The average Bonchev–Trinajstić information content (AvgIpc) is 2.14. The predicted octanol–water partition coefficient (Wildman–Crippen LogP) is 1.35. The minimum atomic E-state index is 0.202. The van der Waals surface area contributed by atoms with E-state index in [0.29, 0.717) is 11.5 Å². The summed E-state index contributed by atoms with van der Waals surface area (Å²) in [4.78, 5) is 0. The molecule has 1 rings (SSSR count). The molecule has 3 heteroatoms. The normalized spacial score (nSPS) is 29.1. The van der Waals surface area contributed by atoms with E-state index in [1.54, 1.807) is 0 Å². The molecule has 1 aliphatic rings. The maximum atomic E-state index is 5.62. The molecule has 0 aromatic heterocycles. The van der Waals surface area contributed by atoms with Crippen molar-refractivity contribution in [3.63, 3.8) is 0 Å². The molecular weight excluding hydrogens is 176 g/mol. The predicted molar refractivity (Wildman–Crippen MR) is 59.3 cm³/mol. The van der Waals surface area contributed by atoms with Gasteiger partial charge in [-0.25, -0.2) is 0 Å². The first-order valence-electron chi connectivity index (χ1n) is 5.62. The smallest absolute Gasteiger partial charge is 0.120 e. The van der Waals surface area contributed by atoms with Gasteiger partial charge in [-0.05, 0) is 11.8 Å². The van der Waals surface area contributed by atoms with Crippen LogP contribution in [-0.2, 0) is 4.74 Å². The first kappa shape index (κ1) is 12.0. The lowest BCUT2D eigenvalue weighted by molar-refractivity contribution is 0.00501. The van der Waals surface area contributed by atoms with E-state index in [2.05, 4.69) is 38.3 Å². The number of ether oxygens (including phenoxy) is 1. The fourth-order valence-electron chi connectivity index (χ4n) is 1.63. The topological polar surface area (TPSA) is 33.3 Å². The zero-order valence-electron chi connectivity index (χ0n) is 9.89. The Bertz CT molecular complexity index is 157. The summed E-state index contributed by atoms with van der Waals surface area (Å²) in [5.74, 6) is 0. The lowest BCUT2D eigenvalue weighted by Gasteiger charge is -2.38. The van der Waals surface area contributed by atoms with Gasteiger partial charge in [0.1, 0.15) is 6.23 Å². The Labute approximate surface area is 87.6 Å². The van der Waals surface area contributed by atoms with Crippen LogP contribution in [0.3, 0.4) is 0 Å². The van der Waals surface area contributed by atoms with Crippen molar-refractivity contribution in [3.8, 4) is 0 Å². The first-order valence-corrected chi connectivity index (χ1v) is 5.62. The van der Waals surface area contributed by atoms with Gasteiger partial charge in [0, 0.05) is 25.7 Å². The van der Waals surface area contributed by atoms with E-state index >= 15 is 0 Å². The highest BCUT2D eigenvalue weighted by Gasteiger charge is 2.28. The Morgan fingerprint density at radius 2 is 1.93 bits per heavy atom. The molecule has 0 amide bonds. The van der Waals surface area contributed by atoms with Crippen LogP contribution < -0.4 is 10.6 Å². The van der Waals surface area contributed by atoms with E-state index in [4.69, 9.17) is 4.74 Å². The molecule has 84 valence electrons. The van der Waals surface area contributed by atoms with Crippen LogP contribution >= 0.6 is 0 Å².